The molecule has 0 amide bonds. The zero-order chi connectivity index (χ0) is 27.4. The minimum Gasteiger partial charge on any atom is -0.310 e. The first kappa shape index (κ1) is 24.4. The van der Waals surface area contributed by atoms with Crippen LogP contribution in [0, 0.1) is 13.8 Å². The van der Waals surface area contributed by atoms with E-state index in [0.29, 0.717) is 0 Å². The molecule has 0 fully saturated rings. The Labute approximate surface area is 237 Å². The van der Waals surface area contributed by atoms with Gasteiger partial charge in [-0.1, -0.05) is 111 Å². The van der Waals surface area contributed by atoms with Crippen LogP contribution in [0.15, 0.2) is 115 Å². The van der Waals surface area contributed by atoms with Crippen LogP contribution in [0.2, 0.25) is 0 Å². The van der Waals surface area contributed by atoms with Crippen LogP contribution in [-0.2, 0) is 5.41 Å². The molecule has 0 atom stereocenters. The summed E-state index contributed by atoms with van der Waals surface area (Å²) in [6.07, 6.45) is 4.49. The van der Waals surface area contributed by atoms with Crippen molar-refractivity contribution < 1.29 is 0 Å². The number of anilines is 3. The zero-order valence-corrected chi connectivity index (χ0v) is 23.6. The summed E-state index contributed by atoms with van der Waals surface area (Å²) in [6.45, 7) is 9.07. The lowest BCUT2D eigenvalue weighted by Crippen LogP contribution is -2.15. The van der Waals surface area contributed by atoms with Crippen molar-refractivity contribution >= 4 is 50.8 Å². The van der Waals surface area contributed by atoms with Crippen molar-refractivity contribution in [2.45, 2.75) is 33.1 Å². The number of rotatable bonds is 5. The number of nitrogens with zero attached hydrogens (tertiary/aromatic N) is 1. The third-order valence-corrected chi connectivity index (χ3v) is 8.66. The van der Waals surface area contributed by atoms with Crippen LogP contribution < -0.4 is 4.90 Å². The van der Waals surface area contributed by atoms with Crippen molar-refractivity contribution in [3.05, 3.63) is 149 Å². The molecule has 0 aromatic heterocycles. The van der Waals surface area contributed by atoms with E-state index >= 15 is 0 Å². The van der Waals surface area contributed by atoms with Crippen molar-refractivity contribution in [3.63, 3.8) is 0 Å². The summed E-state index contributed by atoms with van der Waals surface area (Å²) in [5.41, 5.74) is 11.4. The summed E-state index contributed by atoms with van der Waals surface area (Å²) in [6, 6.07) is 42.1. The molecule has 1 aliphatic carbocycles. The van der Waals surface area contributed by atoms with Gasteiger partial charge in [-0.2, -0.15) is 0 Å². The third kappa shape index (κ3) is 3.85. The average molecular weight is 516 g/mol. The molecule has 0 spiro atoms. The van der Waals surface area contributed by atoms with E-state index in [1.165, 1.54) is 66.3 Å². The number of benzene rings is 6. The molecule has 0 bridgehead atoms. The van der Waals surface area contributed by atoms with Gasteiger partial charge in [0.2, 0.25) is 0 Å². The van der Waals surface area contributed by atoms with Gasteiger partial charge in [0.15, 0.2) is 0 Å². The molecule has 1 aliphatic rings. The lowest BCUT2D eigenvalue weighted by Gasteiger charge is -2.28. The Balaban J connectivity index is 1.24. The van der Waals surface area contributed by atoms with Gasteiger partial charge in [-0.05, 0) is 99.1 Å². The maximum atomic E-state index is 2.39. The smallest absolute Gasteiger partial charge is 0.0490 e. The predicted molar refractivity (Wildman–Crippen MR) is 173 cm³/mol. The predicted octanol–water partition coefficient (Wildman–Crippen LogP) is 10.9. The highest BCUT2D eigenvalue weighted by atomic mass is 15.1. The van der Waals surface area contributed by atoms with Gasteiger partial charge in [-0.3, -0.25) is 0 Å². The molecule has 0 radical (unpaired) electrons. The van der Waals surface area contributed by atoms with Gasteiger partial charge in [0.1, 0.15) is 0 Å². The van der Waals surface area contributed by atoms with Gasteiger partial charge in [0, 0.05) is 22.5 Å². The second kappa shape index (κ2) is 9.24. The van der Waals surface area contributed by atoms with Crippen LogP contribution in [0.4, 0.5) is 17.1 Å². The van der Waals surface area contributed by atoms with Crippen LogP contribution in [-0.4, -0.2) is 0 Å². The molecular weight excluding hydrogens is 482 g/mol. The van der Waals surface area contributed by atoms with E-state index in [-0.39, 0.29) is 5.41 Å². The number of aryl methyl sites for hydroxylation is 2. The monoisotopic (exact) mass is 515 g/mol. The molecule has 6 aromatic rings. The Morgan fingerprint density at radius 3 is 1.80 bits per heavy atom. The molecule has 0 N–H and O–H groups in total. The van der Waals surface area contributed by atoms with E-state index in [9.17, 15) is 0 Å². The first-order valence-electron chi connectivity index (χ1n) is 14.1. The Morgan fingerprint density at radius 1 is 0.525 bits per heavy atom. The molecule has 0 aliphatic heterocycles. The first-order chi connectivity index (χ1) is 19.4. The van der Waals surface area contributed by atoms with Crippen molar-refractivity contribution in [2.24, 2.45) is 0 Å². The molecule has 194 valence electrons. The largest absolute Gasteiger partial charge is 0.310 e. The molecule has 0 heterocycles. The van der Waals surface area contributed by atoms with E-state index in [1.54, 1.807) is 0 Å². The highest BCUT2D eigenvalue weighted by molar-refractivity contribution is 6.15. The second-order valence-electron chi connectivity index (χ2n) is 11.6. The Bertz CT molecular complexity index is 1890. The molecule has 1 heteroatoms. The third-order valence-electron chi connectivity index (χ3n) is 8.66. The summed E-state index contributed by atoms with van der Waals surface area (Å²) >= 11 is 0. The molecule has 1 nitrogen and oxygen atoms in total. The Hall–Kier alpha value is -4.62. The van der Waals surface area contributed by atoms with E-state index in [4.69, 9.17) is 0 Å². The van der Waals surface area contributed by atoms with Gasteiger partial charge in [0.05, 0.1) is 0 Å². The van der Waals surface area contributed by atoms with Crippen molar-refractivity contribution in [2.75, 3.05) is 4.90 Å². The van der Waals surface area contributed by atoms with Gasteiger partial charge in [-0.25, -0.2) is 0 Å². The Kier molecular flexibility index (Phi) is 5.64. The summed E-state index contributed by atoms with van der Waals surface area (Å²) in [5, 5.41) is 5.51. The SMILES string of the molecule is Cc1ccccc1N(c1ccc(C=Cc2cc3c4c(ccc5cccc(c54)C3(C)C)c2)cc1)c1ccccc1C. The number of para-hydroxylation sites is 2. The molecule has 7 rings (SSSR count). The minimum atomic E-state index is 0.00153. The van der Waals surface area contributed by atoms with E-state index in [1.807, 2.05) is 0 Å². The van der Waals surface area contributed by atoms with Crippen molar-refractivity contribution in [3.8, 4) is 0 Å². The van der Waals surface area contributed by atoms with Crippen molar-refractivity contribution in [1.82, 2.24) is 0 Å². The molecule has 6 aromatic carbocycles. The van der Waals surface area contributed by atoms with Crippen LogP contribution in [0.25, 0.3) is 33.7 Å². The van der Waals surface area contributed by atoms with Gasteiger partial charge < -0.3 is 4.90 Å². The van der Waals surface area contributed by atoms with Gasteiger partial charge in [0.25, 0.3) is 0 Å². The second-order valence-corrected chi connectivity index (χ2v) is 11.6. The van der Waals surface area contributed by atoms with Gasteiger partial charge >= 0.3 is 0 Å². The summed E-state index contributed by atoms with van der Waals surface area (Å²) in [7, 11) is 0. The Morgan fingerprint density at radius 2 is 1.12 bits per heavy atom. The zero-order valence-electron chi connectivity index (χ0n) is 23.6. The number of hydrogen-bond donors (Lipinski definition) is 0. The fraction of sp³-hybridized carbons (Fsp3) is 0.128. The van der Waals surface area contributed by atoms with E-state index in [0.717, 1.165) is 5.69 Å². The fourth-order valence-electron chi connectivity index (χ4n) is 6.48. The highest BCUT2D eigenvalue weighted by Gasteiger charge is 2.33. The fourth-order valence-corrected chi connectivity index (χ4v) is 6.48. The van der Waals surface area contributed by atoms with E-state index < -0.39 is 0 Å². The van der Waals surface area contributed by atoms with Gasteiger partial charge in [-0.15, -0.1) is 0 Å². The quantitative estimate of drug-likeness (QED) is 0.163. The normalized spacial score (nSPS) is 13.6. The lowest BCUT2D eigenvalue weighted by atomic mass is 9.81. The molecule has 0 unspecified atom stereocenters. The topological polar surface area (TPSA) is 3.24 Å². The van der Waals surface area contributed by atoms with Crippen molar-refractivity contribution in [1.29, 1.82) is 0 Å². The molecule has 40 heavy (non-hydrogen) atoms. The maximum Gasteiger partial charge on any atom is 0.0490 e. The minimum absolute atomic E-state index is 0.00153. The molecular formula is C39H33N. The summed E-state index contributed by atoms with van der Waals surface area (Å²) in [5.74, 6) is 0. The standard InChI is InChI=1S/C39H33N/c1-26-10-5-7-14-35(26)40(36-15-8-6-11-27(36)2)32-22-18-28(19-23-32)16-17-29-24-31-21-20-30-12-9-13-33-37(30)38(31)34(25-29)39(33,3)4/h5-25H,1-4H3. The maximum absolute atomic E-state index is 2.39. The van der Waals surface area contributed by atoms with Crippen LogP contribution in [0.5, 0.6) is 0 Å². The number of hydrogen-bond acceptors (Lipinski definition) is 1. The van der Waals surface area contributed by atoms with Crippen LogP contribution in [0.1, 0.15) is 47.2 Å². The summed E-state index contributed by atoms with van der Waals surface area (Å²) in [4.78, 5) is 2.36. The first-order valence-corrected chi connectivity index (χ1v) is 14.1. The molecule has 0 saturated heterocycles. The highest BCUT2D eigenvalue weighted by Crippen LogP contribution is 2.49. The van der Waals surface area contributed by atoms with E-state index in [2.05, 4.69) is 160 Å². The van der Waals surface area contributed by atoms with Crippen LogP contribution in [0.3, 0.4) is 0 Å². The lowest BCUT2D eigenvalue weighted by molar-refractivity contribution is 0.662. The molecule has 0 saturated carbocycles. The average Bonchev–Trinajstić information content (AvgIpc) is 3.21. The van der Waals surface area contributed by atoms with Crippen LogP contribution >= 0.6 is 0 Å². The summed E-state index contributed by atoms with van der Waals surface area (Å²) < 4.78 is 0.